The molecule has 3 aromatic rings. The molecule has 1 aromatic carbocycles. The number of anilines is 2. The summed E-state index contributed by atoms with van der Waals surface area (Å²) in [5.41, 5.74) is 2.38. The molecule has 1 aliphatic carbocycles. The zero-order valence-electron chi connectivity index (χ0n) is 16.5. The number of hydrogen-bond donors (Lipinski definition) is 2. The summed E-state index contributed by atoms with van der Waals surface area (Å²) in [6.07, 6.45) is -1.67. The number of nitrogens with zero attached hydrogens (tertiary/aromatic N) is 4. The Morgan fingerprint density at radius 2 is 1.94 bits per heavy atom. The number of nitrogens with one attached hydrogen (secondary N) is 1. The number of halogens is 5. The van der Waals surface area contributed by atoms with E-state index in [0.717, 1.165) is 18.3 Å². The maximum absolute atomic E-state index is 14.8. The van der Waals surface area contributed by atoms with Crippen LogP contribution in [0.5, 0.6) is 0 Å². The second-order valence-electron chi connectivity index (χ2n) is 7.71. The lowest BCUT2D eigenvalue weighted by Crippen LogP contribution is -2.43. The minimum Gasteiger partial charge on any atom is -0.462 e. The molecule has 12 heteroatoms. The smallest absolute Gasteiger partial charge is 0.283 e. The van der Waals surface area contributed by atoms with Gasteiger partial charge in [0.05, 0.1) is 11.8 Å². The van der Waals surface area contributed by atoms with Crippen LogP contribution in [0.25, 0.3) is 10.9 Å². The van der Waals surface area contributed by atoms with Crippen molar-refractivity contribution in [3.8, 4) is 6.07 Å². The Bertz CT molecular complexity index is 1370. The van der Waals surface area contributed by atoms with E-state index in [-0.39, 0.29) is 34.4 Å². The van der Waals surface area contributed by atoms with Crippen LogP contribution in [-0.4, -0.2) is 28.5 Å². The molecule has 3 atom stereocenters. The van der Waals surface area contributed by atoms with Crippen LogP contribution in [0.15, 0.2) is 35.6 Å². The molecule has 7 nitrogen and oxygen atoms in total. The molecule has 0 spiro atoms. The number of aromatic nitrogens is 2. The zero-order valence-corrected chi connectivity index (χ0v) is 16.5. The summed E-state index contributed by atoms with van der Waals surface area (Å²) in [5.74, 6) is -4.59. The lowest BCUT2D eigenvalue weighted by Gasteiger charge is -2.33. The van der Waals surface area contributed by atoms with Gasteiger partial charge in [-0.1, -0.05) is 0 Å². The Kier molecular flexibility index (Phi) is 4.59. The van der Waals surface area contributed by atoms with E-state index in [0.29, 0.717) is 0 Å². The second-order valence-corrected chi connectivity index (χ2v) is 7.71. The standard InChI is InChI=1S/C21H13F5N6O/c22-13-3-9(31-18-17-10(14(23)7-30-18)1-8(5-27)6-29-17)2-12(16(13)24)21(19(25)26)11-4-15(11)33-20(28)32-21/h1-3,6-7,11,15,19H,4H2,(H2,28,32)(H,30,31)/t11-,15+,21+/m1/s1. The van der Waals surface area contributed by atoms with Crippen LogP contribution in [-0.2, 0) is 10.3 Å². The Morgan fingerprint density at radius 1 is 1.15 bits per heavy atom. The van der Waals surface area contributed by atoms with Gasteiger partial charge in [0.2, 0.25) is 0 Å². The Hall–Kier alpha value is -4.01. The first-order valence-corrected chi connectivity index (χ1v) is 9.65. The number of amidine groups is 1. The average Bonchev–Trinajstić information content (AvgIpc) is 3.56. The highest BCUT2D eigenvalue weighted by atomic mass is 19.3. The van der Waals surface area contributed by atoms with Crippen LogP contribution in [0.1, 0.15) is 17.5 Å². The van der Waals surface area contributed by atoms with Crippen molar-refractivity contribution >= 4 is 28.4 Å². The fourth-order valence-electron chi connectivity index (χ4n) is 4.13. The number of hydrogen-bond acceptors (Lipinski definition) is 7. The van der Waals surface area contributed by atoms with E-state index in [2.05, 4.69) is 20.3 Å². The molecule has 168 valence electrons. The van der Waals surface area contributed by atoms with Gasteiger partial charge >= 0.3 is 0 Å². The van der Waals surface area contributed by atoms with Crippen molar-refractivity contribution in [3.05, 3.63) is 59.2 Å². The highest BCUT2D eigenvalue weighted by molar-refractivity contribution is 5.90. The Morgan fingerprint density at radius 3 is 2.67 bits per heavy atom. The molecule has 3 N–H and O–H groups in total. The minimum absolute atomic E-state index is 0.000514. The number of nitrogens with two attached hydrogens (primary N) is 1. The maximum Gasteiger partial charge on any atom is 0.283 e. The van der Waals surface area contributed by atoms with Gasteiger partial charge in [0.25, 0.3) is 12.4 Å². The van der Waals surface area contributed by atoms with E-state index in [1.807, 2.05) is 6.07 Å². The van der Waals surface area contributed by atoms with E-state index < -0.39 is 53.0 Å². The van der Waals surface area contributed by atoms with E-state index in [9.17, 15) is 22.0 Å². The third-order valence-corrected chi connectivity index (χ3v) is 5.72. The van der Waals surface area contributed by atoms with Gasteiger partial charge in [-0.15, -0.1) is 0 Å². The third-order valence-electron chi connectivity index (χ3n) is 5.72. The first-order valence-electron chi connectivity index (χ1n) is 9.65. The molecular weight excluding hydrogens is 447 g/mol. The SMILES string of the molecule is N#Cc1cnc2c(Nc3cc(F)c(F)c([C@@]4(C(F)F)N=C(N)O[C@H]5C[C@H]54)c3)ncc(F)c2c1. The monoisotopic (exact) mass is 460 g/mol. The van der Waals surface area contributed by atoms with Gasteiger partial charge in [0, 0.05) is 34.8 Å². The van der Waals surface area contributed by atoms with Gasteiger partial charge in [-0.05, 0) is 18.6 Å². The van der Waals surface area contributed by atoms with Crippen molar-refractivity contribution in [2.24, 2.45) is 16.6 Å². The van der Waals surface area contributed by atoms with Crippen LogP contribution >= 0.6 is 0 Å². The molecule has 2 aliphatic rings. The van der Waals surface area contributed by atoms with Gasteiger partial charge in [-0.2, -0.15) is 5.26 Å². The fraction of sp³-hybridized carbons (Fsp3) is 0.238. The number of fused-ring (bicyclic) bond motifs is 2. The van der Waals surface area contributed by atoms with Gasteiger partial charge in [0.15, 0.2) is 28.8 Å². The predicted octanol–water partition coefficient (Wildman–Crippen LogP) is 3.86. The second kappa shape index (κ2) is 7.26. The quantitative estimate of drug-likeness (QED) is 0.573. The number of ether oxygens (including phenoxy) is 1. The van der Waals surface area contributed by atoms with Crippen molar-refractivity contribution in [2.75, 3.05) is 5.32 Å². The molecule has 2 aromatic heterocycles. The molecule has 0 radical (unpaired) electrons. The first-order chi connectivity index (χ1) is 15.7. The van der Waals surface area contributed by atoms with Crippen molar-refractivity contribution < 1.29 is 26.7 Å². The van der Waals surface area contributed by atoms with Crippen LogP contribution in [0.3, 0.4) is 0 Å². The maximum atomic E-state index is 14.8. The number of pyridine rings is 2. The molecule has 5 rings (SSSR count). The zero-order chi connectivity index (χ0) is 23.5. The number of aliphatic imine (C=N–C) groups is 1. The third kappa shape index (κ3) is 3.19. The summed E-state index contributed by atoms with van der Waals surface area (Å²) in [4.78, 5) is 11.6. The lowest BCUT2D eigenvalue weighted by atomic mass is 9.84. The molecule has 0 amide bonds. The van der Waals surface area contributed by atoms with Crippen LogP contribution in [0.2, 0.25) is 0 Å². The van der Waals surface area contributed by atoms with Crippen LogP contribution in [0, 0.1) is 34.7 Å². The number of alkyl halides is 2. The molecular formula is C21H13F5N6O. The molecule has 1 aliphatic heterocycles. The largest absolute Gasteiger partial charge is 0.462 e. The van der Waals surface area contributed by atoms with Gasteiger partial charge in [-0.25, -0.2) is 31.9 Å². The molecule has 33 heavy (non-hydrogen) atoms. The summed E-state index contributed by atoms with van der Waals surface area (Å²) < 4.78 is 77.3. The molecule has 0 saturated heterocycles. The average molecular weight is 460 g/mol. The van der Waals surface area contributed by atoms with E-state index in [4.69, 9.17) is 15.7 Å². The first kappa shape index (κ1) is 20.9. The summed E-state index contributed by atoms with van der Waals surface area (Å²) in [7, 11) is 0. The van der Waals surface area contributed by atoms with Crippen molar-refractivity contribution in [3.63, 3.8) is 0 Å². The van der Waals surface area contributed by atoms with Gasteiger partial charge < -0.3 is 15.8 Å². The number of nitriles is 1. The fourth-order valence-corrected chi connectivity index (χ4v) is 4.13. The number of benzene rings is 1. The van der Waals surface area contributed by atoms with Crippen LogP contribution in [0.4, 0.5) is 33.5 Å². The predicted molar refractivity (Wildman–Crippen MR) is 106 cm³/mol. The molecule has 0 unspecified atom stereocenters. The Balaban J connectivity index is 1.63. The van der Waals surface area contributed by atoms with Crippen molar-refractivity contribution in [1.82, 2.24) is 9.97 Å². The van der Waals surface area contributed by atoms with E-state index in [1.54, 1.807) is 0 Å². The van der Waals surface area contributed by atoms with Crippen LogP contribution < -0.4 is 11.1 Å². The van der Waals surface area contributed by atoms with Gasteiger partial charge in [-0.3, -0.25) is 4.98 Å². The van der Waals surface area contributed by atoms with Crippen molar-refractivity contribution in [1.29, 1.82) is 5.26 Å². The summed E-state index contributed by atoms with van der Waals surface area (Å²) in [5, 5.41) is 11.6. The Labute approximate surface area is 182 Å². The van der Waals surface area contributed by atoms with Gasteiger partial charge in [0.1, 0.15) is 17.7 Å². The minimum atomic E-state index is -3.20. The van der Waals surface area contributed by atoms with E-state index in [1.165, 1.54) is 12.3 Å². The van der Waals surface area contributed by atoms with E-state index >= 15 is 0 Å². The molecule has 3 heterocycles. The highest BCUT2D eigenvalue weighted by Crippen LogP contribution is 2.56. The normalized spacial score (nSPS) is 23.5. The van der Waals surface area contributed by atoms with Crippen molar-refractivity contribution in [2.45, 2.75) is 24.5 Å². The summed E-state index contributed by atoms with van der Waals surface area (Å²) in [6, 6.07) is 4.29. The summed E-state index contributed by atoms with van der Waals surface area (Å²) in [6.45, 7) is 0. The number of rotatable bonds is 4. The molecule has 0 bridgehead atoms. The summed E-state index contributed by atoms with van der Waals surface area (Å²) >= 11 is 0. The highest BCUT2D eigenvalue weighted by Gasteiger charge is 2.64. The lowest BCUT2D eigenvalue weighted by molar-refractivity contribution is 0.0173. The topological polar surface area (TPSA) is 109 Å². The molecule has 1 fully saturated rings. The molecule has 1 saturated carbocycles.